The second-order valence-corrected chi connectivity index (χ2v) is 6.04. The van der Waals surface area contributed by atoms with E-state index in [-0.39, 0.29) is 0 Å². The number of guanidine groups is 1. The van der Waals surface area contributed by atoms with Crippen molar-refractivity contribution in [1.29, 1.82) is 0 Å². The van der Waals surface area contributed by atoms with Crippen LogP contribution in [0.2, 0.25) is 0 Å². The highest BCUT2D eigenvalue weighted by Crippen LogP contribution is 2.21. The Morgan fingerprint density at radius 2 is 1.95 bits per heavy atom. The van der Waals surface area contributed by atoms with Crippen molar-refractivity contribution in [2.24, 2.45) is 4.99 Å². The minimum absolute atomic E-state index is 0.793. The molecule has 5 heteroatoms. The first-order chi connectivity index (χ1) is 10.6. The van der Waals surface area contributed by atoms with Gasteiger partial charge in [0.1, 0.15) is 0 Å². The molecule has 0 heterocycles. The van der Waals surface area contributed by atoms with Gasteiger partial charge in [0.2, 0.25) is 0 Å². The molecule has 0 aromatic heterocycles. The first kappa shape index (κ1) is 18.8. The normalized spacial score (nSPS) is 11.8. The van der Waals surface area contributed by atoms with Crippen LogP contribution in [0.25, 0.3) is 0 Å². The SMILES string of the molecule is CCN(CC)CCNC(=NC)NCc1ccc(C)cc1SC. The Bertz CT molecular complexity index is 470. The maximum Gasteiger partial charge on any atom is 0.191 e. The van der Waals surface area contributed by atoms with E-state index >= 15 is 0 Å². The van der Waals surface area contributed by atoms with Crippen molar-refractivity contribution in [2.45, 2.75) is 32.2 Å². The van der Waals surface area contributed by atoms with Crippen molar-refractivity contribution in [2.75, 3.05) is 39.5 Å². The van der Waals surface area contributed by atoms with Crippen LogP contribution in [0, 0.1) is 6.92 Å². The molecule has 2 N–H and O–H groups in total. The molecule has 0 spiro atoms. The second-order valence-electron chi connectivity index (χ2n) is 5.19. The Morgan fingerprint density at radius 1 is 1.23 bits per heavy atom. The van der Waals surface area contributed by atoms with Crippen molar-refractivity contribution in [3.63, 3.8) is 0 Å². The van der Waals surface area contributed by atoms with Crippen molar-refractivity contribution in [3.8, 4) is 0 Å². The third-order valence-corrected chi connectivity index (χ3v) is 4.55. The van der Waals surface area contributed by atoms with Crippen LogP contribution < -0.4 is 10.6 Å². The van der Waals surface area contributed by atoms with E-state index in [0.717, 1.165) is 38.7 Å². The van der Waals surface area contributed by atoms with Gasteiger partial charge in [0.15, 0.2) is 5.96 Å². The van der Waals surface area contributed by atoms with E-state index in [1.165, 1.54) is 16.0 Å². The predicted octanol–water partition coefficient (Wildman–Crippen LogP) is 2.72. The lowest BCUT2D eigenvalue weighted by Gasteiger charge is -2.19. The third kappa shape index (κ3) is 6.28. The molecule has 0 atom stereocenters. The van der Waals surface area contributed by atoms with Gasteiger partial charge >= 0.3 is 0 Å². The average Bonchev–Trinajstić information content (AvgIpc) is 2.55. The predicted molar refractivity (Wildman–Crippen MR) is 98.9 cm³/mol. The Hall–Kier alpha value is -1.20. The molecule has 1 rings (SSSR count). The number of hydrogen-bond acceptors (Lipinski definition) is 3. The van der Waals surface area contributed by atoms with E-state index in [2.05, 4.69) is 65.8 Å². The largest absolute Gasteiger partial charge is 0.355 e. The summed E-state index contributed by atoms with van der Waals surface area (Å²) in [6, 6.07) is 6.59. The van der Waals surface area contributed by atoms with Crippen LogP contribution in [0.5, 0.6) is 0 Å². The van der Waals surface area contributed by atoms with E-state index in [0.29, 0.717) is 0 Å². The lowest BCUT2D eigenvalue weighted by molar-refractivity contribution is 0.308. The van der Waals surface area contributed by atoms with Crippen LogP contribution in [0.4, 0.5) is 0 Å². The fourth-order valence-electron chi connectivity index (χ4n) is 2.27. The van der Waals surface area contributed by atoms with E-state index in [4.69, 9.17) is 0 Å². The molecule has 124 valence electrons. The van der Waals surface area contributed by atoms with Crippen LogP contribution in [-0.4, -0.2) is 50.3 Å². The zero-order valence-electron chi connectivity index (χ0n) is 14.6. The summed E-state index contributed by atoms with van der Waals surface area (Å²) in [5.41, 5.74) is 2.61. The van der Waals surface area contributed by atoms with Gasteiger partial charge < -0.3 is 15.5 Å². The summed E-state index contributed by atoms with van der Waals surface area (Å²) in [5, 5.41) is 6.77. The molecule has 0 radical (unpaired) electrons. The summed E-state index contributed by atoms with van der Waals surface area (Å²) in [5.74, 6) is 0.861. The molecule has 0 saturated heterocycles. The van der Waals surface area contributed by atoms with E-state index in [9.17, 15) is 0 Å². The van der Waals surface area contributed by atoms with Crippen molar-refractivity contribution in [3.05, 3.63) is 29.3 Å². The molecule has 0 fully saturated rings. The van der Waals surface area contributed by atoms with Gasteiger partial charge in [0.05, 0.1) is 0 Å². The van der Waals surface area contributed by atoms with Gasteiger partial charge in [0, 0.05) is 31.6 Å². The minimum atomic E-state index is 0.793. The topological polar surface area (TPSA) is 39.7 Å². The molecule has 0 aliphatic carbocycles. The monoisotopic (exact) mass is 322 g/mol. The second kappa shape index (κ2) is 10.5. The van der Waals surface area contributed by atoms with Crippen LogP contribution in [0.15, 0.2) is 28.1 Å². The molecular formula is C17H30N4S. The smallest absolute Gasteiger partial charge is 0.191 e. The fourth-order valence-corrected chi connectivity index (χ4v) is 2.98. The first-order valence-electron chi connectivity index (χ1n) is 7.94. The number of rotatable bonds is 8. The number of likely N-dealkylation sites (N-methyl/N-ethyl adjacent to an activating group) is 1. The number of benzene rings is 1. The van der Waals surface area contributed by atoms with Gasteiger partial charge in [-0.05, 0) is 43.5 Å². The Kier molecular flexibility index (Phi) is 9.01. The molecule has 0 bridgehead atoms. The van der Waals surface area contributed by atoms with Crippen LogP contribution in [0.1, 0.15) is 25.0 Å². The summed E-state index contributed by atoms with van der Waals surface area (Å²) in [4.78, 5) is 8.01. The molecule has 22 heavy (non-hydrogen) atoms. The van der Waals surface area contributed by atoms with Crippen molar-refractivity contribution >= 4 is 17.7 Å². The lowest BCUT2D eigenvalue weighted by atomic mass is 10.1. The van der Waals surface area contributed by atoms with Gasteiger partial charge in [0.25, 0.3) is 0 Å². The summed E-state index contributed by atoms with van der Waals surface area (Å²) < 4.78 is 0. The highest BCUT2D eigenvalue weighted by molar-refractivity contribution is 7.98. The third-order valence-electron chi connectivity index (χ3n) is 3.73. The molecule has 0 unspecified atom stereocenters. The van der Waals surface area contributed by atoms with Crippen LogP contribution in [-0.2, 0) is 6.54 Å². The van der Waals surface area contributed by atoms with Gasteiger partial charge in [-0.1, -0.05) is 26.0 Å². The number of nitrogens with one attached hydrogen (secondary N) is 2. The molecule has 1 aromatic carbocycles. The number of thioether (sulfide) groups is 1. The molecular weight excluding hydrogens is 292 g/mol. The first-order valence-corrected chi connectivity index (χ1v) is 9.17. The number of aliphatic imine (C=N–C) groups is 1. The number of aryl methyl sites for hydroxylation is 1. The van der Waals surface area contributed by atoms with E-state index in [1.54, 1.807) is 11.8 Å². The summed E-state index contributed by atoms with van der Waals surface area (Å²) >= 11 is 1.79. The molecule has 0 aliphatic rings. The zero-order valence-corrected chi connectivity index (χ0v) is 15.4. The standard InChI is InChI=1S/C17H30N4S/c1-6-21(7-2)11-10-19-17(18-4)20-13-15-9-8-14(3)12-16(15)22-5/h8-9,12H,6-7,10-11,13H2,1-5H3,(H2,18,19,20). The van der Waals surface area contributed by atoms with Gasteiger partial charge in [-0.2, -0.15) is 0 Å². The highest BCUT2D eigenvalue weighted by atomic mass is 32.2. The van der Waals surface area contributed by atoms with E-state index < -0.39 is 0 Å². The Labute approximate surface area is 139 Å². The Morgan fingerprint density at radius 3 is 2.55 bits per heavy atom. The van der Waals surface area contributed by atoms with Crippen LogP contribution >= 0.6 is 11.8 Å². The quantitative estimate of drug-likeness (QED) is 0.439. The van der Waals surface area contributed by atoms with Crippen molar-refractivity contribution < 1.29 is 0 Å². The van der Waals surface area contributed by atoms with E-state index in [1.807, 2.05) is 7.05 Å². The van der Waals surface area contributed by atoms with Gasteiger partial charge in [-0.25, -0.2) is 0 Å². The van der Waals surface area contributed by atoms with Gasteiger partial charge in [-0.15, -0.1) is 11.8 Å². The van der Waals surface area contributed by atoms with Crippen LogP contribution in [0.3, 0.4) is 0 Å². The molecule has 0 saturated carbocycles. The highest BCUT2D eigenvalue weighted by Gasteiger charge is 2.04. The lowest BCUT2D eigenvalue weighted by Crippen LogP contribution is -2.41. The van der Waals surface area contributed by atoms with Crippen molar-refractivity contribution in [1.82, 2.24) is 15.5 Å². The summed E-state index contributed by atoms with van der Waals surface area (Å²) in [6.07, 6.45) is 2.12. The number of hydrogen-bond donors (Lipinski definition) is 2. The molecule has 4 nitrogen and oxygen atoms in total. The summed E-state index contributed by atoms with van der Waals surface area (Å²) in [6.45, 7) is 11.4. The minimum Gasteiger partial charge on any atom is -0.355 e. The molecule has 1 aromatic rings. The summed E-state index contributed by atoms with van der Waals surface area (Å²) in [7, 11) is 1.82. The Balaban J connectivity index is 2.47. The fraction of sp³-hybridized carbons (Fsp3) is 0.588. The molecule has 0 aliphatic heterocycles. The average molecular weight is 323 g/mol. The van der Waals surface area contributed by atoms with Gasteiger partial charge in [-0.3, -0.25) is 4.99 Å². The maximum atomic E-state index is 4.29. The molecule has 0 amide bonds. The number of nitrogens with zero attached hydrogens (tertiary/aromatic N) is 2. The zero-order chi connectivity index (χ0) is 16.4. The maximum absolute atomic E-state index is 4.29.